The highest BCUT2D eigenvalue weighted by Gasteiger charge is 2.29. The van der Waals surface area contributed by atoms with Crippen LogP contribution in [0.3, 0.4) is 0 Å². The molecule has 3 rings (SSSR count). The largest absolute Gasteiger partial charge is 0.466 e. The third-order valence-electron chi connectivity index (χ3n) is 4.16. The first-order chi connectivity index (χ1) is 10.6. The topological polar surface area (TPSA) is 81.6 Å². The van der Waals surface area contributed by atoms with E-state index in [1.807, 2.05) is 19.9 Å². The summed E-state index contributed by atoms with van der Waals surface area (Å²) >= 11 is 0. The number of rotatable bonds is 4. The number of aromatic nitrogens is 1. The van der Waals surface area contributed by atoms with Crippen molar-refractivity contribution in [3.63, 3.8) is 0 Å². The number of aryl methyl sites for hydroxylation is 1. The van der Waals surface area contributed by atoms with Gasteiger partial charge in [-0.3, -0.25) is 9.69 Å². The summed E-state index contributed by atoms with van der Waals surface area (Å²) in [4.78, 5) is 14.1. The Labute approximate surface area is 129 Å². The van der Waals surface area contributed by atoms with Crippen molar-refractivity contribution in [1.82, 2.24) is 10.1 Å². The second-order valence-electron chi connectivity index (χ2n) is 5.83. The first kappa shape index (κ1) is 14.8. The van der Waals surface area contributed by atoms with E-state index >= 15 is 0 Å². The van der Waals surface area contributed by atoms with Gasteiger partial charge < -0.3 is 15.0 Å². The minimum Gasteiger partial charge on any atom is -0.466 e. The monoisotopic (exact) mass is 303 g/mol. The van der Waals surface area contributed by atoms with E-state index < -0.39 is 0 Å². The highest BCUT2D eigenvalue weighted by Crippen LogP contribution is 2.27. The molecule has 1 fully saturated rings. The lowest BCUT2D eigenvalue weighted by Gasteiger charge is -2.16. The molecule has 2 aromatic rings. The van der Waals surface area contributed by atoms with Gasteiger partial charge in [-0.2, -0.15) is 0 Å². The minimum absolute atomic E-state index is 0.00861. The predicted molar refractivity (Wildman–Crippen MR) is 83.2 cm³/mol. The van der Waals surface area contributed by atoms with Crippen molar-refractivity contribution in [2.24, 2.45) is 5.92 Å². The van der Waals surface area contributed by atoms with Crippen molar-refractivity contribution in [3.05, 3.63) is 23.3 Å². The molecular weight excluding hydrogens is 282 g/mol. The number of nitrogens with two attached hydrogens (primary N) is 1. The average Bonchev–Trinajstić information content (AvgIpc) is 3.07. The van der Waals surface area contributed by atoms with Crippen LogP contribution >= 0.6 is 0 Å². The molecule has 0 bridgehead atoms. The highest BCUT2D eigenvalue weighted by atomic mass is 16.5. The summed E-state index contributed by atoms with van der Waals surface area (Å²) in [5.74, 6) is 0.341. The number of carbonyl (C=O) groups excluding carboxylic acids is 1. The first-order valence-corrected chi connectivity index (χ1v) is 7.62. The number of benzene rings is 1. The van der Waals surface area contributed by atoms with Crippen LogP contribution in [0.2, 0.25) is 0 Å². The highest BCUT2D eigenvalue weighted by molar-refractivity contribution is 5.90. The molecule has 2 N–H and O–H groups in total. The van der Waals surface area contributed by atoms with E-state index in [0.717, 1.165) is 42.6 Å². The van der Waals surface area contributed by atoms with E-state index in [4.69, 9.17) is 15.0 Å². The summed E-state index contributed by atoms with van der Waals surface area (Å²) in [5, 5.41) is 4.70. The number of esters is 1. The van der Waals surface area contributed by atoms with Gasteiger partial charge >= 0.3 is 5.97 Å². The predicted octanol–water partition coefficient (Wildman–Crippen LogP) is 2.10. The molecule has 1 aliphatic rings. The van der Waals surface area contributed by atoms with Gasteiger partial charge in [-0.1, -0.05) is 11.2 Å². The van der Waals surface area contributed by atoms with Gasteiger partial charge in [0.2, 0.25) is 0 Å². The Morgan fingerprint density at radius 1 is 1.55 bits per heavy atom. The molecule has 22 heavy (non-hydrogen) atoms. The molecule has 1 atom stereocenters. The van der Waals surface area contributed by atoms with Crippen LogP contribution in [0, 0.1) is 12.8 Å². The van der Waals surface area contributed by atoms with Gasteiger partial charge in [0, 0.05) is 13.1 Å². The maximum atomic E-state index is 11.8. The zero-order valence-corrected chi connectivity index (χ0v) is 13.0. The quantitative estimate of drug-likeness (QED) is 0.871. The van der Waals surface area contributed by atoms with Gasteiger partial charge in [-0.15, -0.1) is 0 Å². The number of carbonyl (C=O) groups is 1. The molecule has 1 saturated heterocycles. The number of fused-ring (bicyclic) bond motifs is 1. The summed E-state index contributed by atoms with van der Waals surface area (Å²) in [6, 6.07) is 4.08. The van der Waals surface area contributed by atoms with Crippen LogP contribution in [-0.4, -0.2) is 35.7 Å². The van der Waals surface area contributed by atoms with Crippen LogP contribution in [0.25, 0.3) is 11.0 Å². The molecule has 1 aliphatic heterocycles. The molecule has 0 amide bonds. The molecule has 1 aromatic carbocycles. The SMILES string of the molecule is CCOC(=O)C1CCN(Cc2cc(C)c3c(N)noc3c2)C1. The standard InChI is InChI=1S/C16H21N3O3/c1-3-21-16(20)12-4-5-19(9-12)8-11-6-10(2)14-13(7-11)22-18-15(14)17/h6-7,12H,3-5,8-9H2,1-2H3,(H2,17,18). The number of ether oxygens (including phenoxy) is 1. The lowest BCUT2D eigenvalue weighted by Crippen LogP contribution is -2.24. The van der Waals surface area contributed by atoms with Crippen molar-refractivity contribution in [1.29, 1.82) is 0 Å². The summed E-state index contributed by atoms with van der Waals surface area (Å²) in [5.41, 5.74) is 8.73. The minimum atomic E-state index is -0.0837. The molecule has 6 heteroatoms. The molecular formula is C16H21N3O3. The fourth-order valence-corrected chi connectivity index (χ4v) is 3.15. The van der Waals surface area contributed by atoms with Gasteiger partial charge in [-0.25, -0.2) is 0 Å². The van der Waals surface area contributed by atoms with E-state index in [2.05, 4.69) is 16.1 Å². The molecule has 1 aromatic heterocycles. The summed E-state index contributed by atoms with van der Waals surface area (Å²) in [7, 11) is 0. The Bertz CT molecular complexity index is 695. The number of nitrogens with zero attached hydrogens (tertiary/aromatic N) is 2. The van der Waals surface area contributed by atoms with E-state index in [1.54, 1.807) is 0 Å². The zero-order valence-electron chi connectivity index (χ0n) is 13.0. The van der Waals surface area contributed by atoms with Gasteiger partial charge in [0.25, 0.3) is 0 Å². The normalized spacial score (nSPS) is 18.9. The van der Waals surface area contributed by atoms with Crippen LogP contribution in [0.5, 0.6) is 0 Å². The lowest BCUT2D eigenvalue weighted by molar-refractivity contribution is -0.147. The number of nitrogen functional groups attached to an aromatic ring is 1. The van der Waals surface area contributed by atoms with E-state index in [0.29, 0.717) is 18.0 Å². The third kappa shape index (κ3) is 2.78. The zero-order chi connectivity index (χ0) is 15.7. The van der Waals surface area contributed by atoms with Crippen LogP contribution in [0.1, 0.15) is 24.5 Å². The van der Waals surface area contributed by atoms with Crippen molar-refractivity contribution in [3.8, 4) is 0 Å². The first-order valence-electron chi connectivity index (χ1n) is 7.62. The number of likely N-dealkylation sites (tertiary alicyclic amines) is 1. The Morgan fingerprint density at radius 2 is 2.36 bits per heavy atom. The Hall–Kier alpha value is -2.08. The molecule has 1 unspecified atom stereocenters. The number of hydrogen-bond acceptors (Lipinski definition) is 6. The molecule has 0 aliphatic carbocycles. The van der Waals surface area contributed by atoms with E-state index in [-0.39, 0.29) is 11.9 Å². The van der Waals surface area contributed by atoms with E-state index in [1.165, 1.54) is 0 Å². The van der Waals surface area contributed by atoms with Crippen molar-refractivity contribution in [2.45, 2.75) is 26.8 Å². The number of anilines is 1. The van der Waals surface area contributed by atoms with Crippen LogP contribution in [-0.2, 0) is 16.1 Å². The maximum Gasteiger partial charge on any atom is 0.310 e. The average molecular weight is 303 g/mol. The molecule has 118 valence electrons. The van der Waals surface area contributed by atoms with Crippen LogP contribution < -0.4 is 5.73 Å². The van der Waals surface area contributed by atoms with Crippen molar-refractivity contribution >= 4 is 22.8 Å². The van der Waals surface area contributed by atoms with Crippen molar-refractivity contribution < 1.29 is 14.1 Å². The Kier molecular flexibility index (Phi) is 4.02. The third-order valence-corrected chi connectivity index (χ3v) is 4.16. The van der Waals surface area contributed by atoms with Crippen molar-refractivity contribution in [2.75, 3.05) is 25.4 Å². The van der Waals surface area contributed by atoms with Gasteiger partial charge in [-0.05, 0) is 44.0 Å². The Balaban J connectivity index is 1.70. The lowest BCUT2D eigenvalue weighted by atomic mass is 10.1. The molecule has 0 spiro atoms. The maximum absolute atomic E-state index is 11.8. The van der Waals surface area contributed by atoms with Crippen LogP contribution in [0.4, 0.5) is 5.82 Å². The molecule has 0 radical (unpaired) electrons. The molecule has 6 nitrogen and oxygen atoms in total. The fourth-order valence-electron chi connectivity index (χ4n) is 3.15. The fraction of sp³-hybridized carbons (Fsp3) is 0.500. The number of hydrogen-bond donors (Lipinski definition) is 1. The van der Waals surface area contributed by atoms with Crippen LogP contribution in [0.15, 0.2) is 16.7 Å². The Morgan fingerprint density at radius 3 is 3.14 bits per heavy atom. The summed E-state index contributed by atoms with van der Waals surface area (Å²) in [6.07, 6.45) is 0.856. The second-order valence-corrected chi connectivity index (χ2v) is 5.83. The summed E-state index contributed by atoms with van der Waals surface area (Å²) < 4.78 is 10.4. The molecule has 0 saturated carbocycles. The second kappa shape index (κ2) is 5.96. The molecule has 2 heterocycles. The summed E-state index contributed by atoms with van der Waals surface area (Å²) in [6.45, 7) is 6.72. The van der Waals surface area contributed by atoms with Gasteiger partial charge in [0.05, 0.1) is 17.9 Å². The van der Waals surface area contributed by atoms with E-state index in [9.17, 15) is 4.79 Å². The smallest absolute Gasteiger partial charge is 0.310 e. The van der Waals surface area contributed by atoms with Gasteiger partial charge in [0.1, 0.15) is 0 Å². The van der Waals surface area contributed by atoms with Gasteiger partial charge in [0.15, 0.2) is 11.4 Å².